The predicted molar refractivity (Wildman–Crippen MR) is 93.7 cm³/mol. The molecule has 3 rings (SSSR count). The molecule has 0 amide bonds. The van der Waals surface area contributed by atoms with Gasteiger partial charge in [0.15, 0.2) is 0 Å². The van der Waals surface area contributed by atoms with Gasteiger partial charge in [-0.25, -0.2) is 0 Å². The summed E-state index contributed by atoms with van der Waals surface area (Å²) in [4.78, 5) is 2.22. The number of aliphatic hydroxyl groups is 2. The van der Waals surface area contributed by atoms with E-state index in [-0.39, 0.29) is 11.8 Å². The van der Waals surface area contributed by atoms with Crippen LogP contribution in [0, 0.1) is 0 Å². The summed E-state index contributed by atoms with van der Waals surface area (Å²) >= 11 is 0. The van der Waals surface area contributed by atoms with Crippen molar-refractivity contribution in [1.29, 1.82) is 0 Å². The smallest absolute Gasteiger partial charge is 0.115 e. The van der Waals surface area contributed by atoms with Crippen LogP contribution in [0.2, 0.25) is 0 Å². The third kappa shape index (κ3) is 3.46. The average Bonchev–Trinajstić information content (AvgIpc) is 2.62. The first kappa shape index (κ1) is 17.0. The van der Waals surface area contributed by atoms with Crippen LogP contribution in [0.3, 0.4) is 0 Å². The van der Waals surface area contributed by atoms with Crippen molar-refractivity contribution in [2.24, 2.45) is 0 Å². The number of aromatic hydroxyl groups is 1. The number of benzene rings is 2. The highest BCUT2D eigenvalue weighted by atomic mass is 16.3. The van der Waals surface area contributed by atoms with Crippen molar-refractivity contribution in [3.8, 4) is 5.75 Å². The van der Waals surface area contributed by atoms with E-state index in [0.29, 0.717) is 12.8 Å². The van der Waals surface area contributed by atoms with Crippen LogP contribution in [-0.4, -0.2) is 39.4 Å². The first-order valence-corrected chi connectivity index (χ1v) is 8.48. The molecule has 1 fully saturated rings. The van der Waals surface area contributed by atoms with Gasteiger partial charge in [-0.15, -0.1) is 0 Å². The van der Waals surface area contributed by atoms with Gasteiger partial charge in [-0.05, 0) is 43.0 Å². The molecule has 2 aromatic rings. The Morgan fingerprint density at radius 1 is 0.958 bits per heavy atom. The van der Waals surface area contributed by atoms with Crippen molar-refractivity contribution < 1.29 is 15.3 Å². The Morgan fingerprint density at radius 3 is 2.12 bits per heavy atom. The molecule has 128 valence electrons. The molecule has 1 heterocycles. The average molecular weight is 329 g/mol. The summed E-state index contributed by atoms with van der Waals surface area (Å²) in [6, 6.07) is 16.5. The fourth-order valence-electron chi connectivity index (χ4n) is 3.49. The van der Waals surface area contributed by atoms with Crippen LogP contribution >= 0.6 is 0 Å². The maximum absolute atomic E-state index is 10.9. The minimum absolute atomic E-state index is 0.0464. The number of hydrogen-bond donors (Lipinski definition) is 3. The second kappa shape index (κ2) is 6.93. The van der Waals surface area contributed by atoms with Crippen molar-refractivity contribution in [3.05, 3.63) is 65.7 Å². The molecule has 0 unspecified atom stereocenters. The molecule has 0 aliphatic carbocycles. The fraction of sp³-hybridized carbons (Fsp3) is 0.400. The lowest BCUT2D eigenvalue weighted by Crippen LogP contribution is -2.47. The van der Waals surface area contributed by atoms with E-state index < -0.39 is 11.7 Å². The van der Waals surface area contributed by atoms with Gasteiger partial charge in [-0.2, -0.15) is 0 Å². The van der Waals surface area contributed by atoms with Crippen molar-refractivity contribution in [3.63, 3.8) is 0 Å². The number of nitrogens with zero attached hydrogens (tertiary/aromatic N) is 1. The van der Waals surface area contributed by atoms with Crippen molar-refractivity contribution in [2.75, 3.05) is 13.1 Å². The standard InChI is InChI=1S/C20H25NO3/c1-15(19(23)16-7-9-18(22)10-8-16)21-13-11-20(24,12-14-21)17-5-3-2-4-6-17/h2-10,15,19,22-24H,11-14H2,1H3/t15-,19+/m0/s1/i1+2. The van der Waals surface area contributed by atoms with Crippen molar-refractivity contribution in [2.45, 2.75) is 37.5 Å². The van der Waals surface area contributed by atoms with E-state index in [0.717, 1.165) is 24.2 Å². The fourth-order valence-corrected chi connectivity index (χ4v) is 3.49. The second-order valence-electron chi connectivity index (χ2n) is 6.71. The number of likely N-dealkylation sites (tertiary alicyclic amines) is 1. The molecule has 0 radical (unpaired) electrons. The number of rotatable bonds is 4. The Hall–Kier alpha value is -1.88. The predicted octanol–water partition coefficient (Wildman–Crippen LogP) is 2.80. The Bertz CT molecular complexity index is 648. The van der Waals surface area contributed by atoms with E-state index in [1.807, 2.05) is 37.3 Å². The maximum atomic E-state index is 10.9. The molecule has 0 saturated carbocycles. The summed E-state index contributed by atoms with van der Waals surface area (Å²) in [5.74, 6) is 0.199. The normalized spacial score (nSPS) is 20.5. The molecule has 0 aromatic heterocycles. The number of phenols is 1. The molecular formula is C20H25NO3. The Morgan fingerprint density at radius 2 is 1.54 bits per heavy atom. The number of phenolic OH excluding ortho intramolecular Hbond substituents is 1. The summed E-state index contributed by atoms with van der Waals surface area (Å²) in [7, 11) is 0. The van der Waals surface area contributed by atoms with Crippen LogP contribution in [0.1, 0.15) is 37.0 Å². The molecule has 1 aliphatic heterocycles. The lowest BCUT2D eigenvalue weighted by Gasteiger charge is -2.42. The lowest BCUT2D eigenvalue weighted by atomic mass is 9.84. The van der Waals surface area contributed by atoms with Crippen LogP contribution in [0.4, 0.5) is 0 Å². The first-order valence-electron chi connectivity index (χ1n) is 8.48. The maximum Gasteiger partial charge on any atom is 0.115 e. The number of piperidine rings is 1. The third-order valence-corrected chi connectivity index (χ3v) is 5.20. The highest BCUT2D eigenvalue weighted by Gasteiger charge is 2.36. The minimum Gasteiger partial charge on any atom is -0.508 e. The van der Waals surface area contributed by atoms with Gasteiger partial charge in [0.1, 0.15) is 5.75 Å². The third-order valence-electron chi connectivity index (χ3n) is 5.20. The summed E-state index contributed by atoms with van der Waals surface area (Å²) in [6.07, 6.45) is 0.696. The largest absolute Gasteiger partial charge is 0.508 e. The van der Waals surface area contributed by atoms with E-state index >= 15 is 0 Å². The zero-order valence-corrected chi connectivity index (χ0v) is 14.0. The van der Waals surface area contributed by atoms with Gasteiger partial charge >= 0.3 is 0 Å². The molecule has 2 aromatic carbocycles. The van der Waals surface area contributed by atoms with Gasteiger partial charge in [-0.1, -0.05) is 42.5 Å². The quantitative estimate of drug-likeness (QED) is 0.807. The SMILES string of the molecule is [14CH3][C@@H]([C@@H](O)c1ccc(O)cc1)N1CCC(O)(c2ccccc2)CC1. The van der Waals surface area contributed by atoms with Gasteiger partial charge in [0.05, 0.1) is 11.7 Å². The number of hydrogen-bond acceptors (Lipinski definition) is 4. The summed E-state index contributed by atoms with van der Waals surface area (Å²) < 4.78 is 0. The highest BCUT2D eigenvalue weighted by Crippen LogP contribution is 2.34. The van der Waals surface area contributed by atoms with Crippen molar-refractivity contribution >= 4 is 0 Å². The van der Waals surface area contributed by atoms with Crippen LogP contribution in [-0.2, 0) is 5.60 Å². The topological polar surface area (TPSA) is 63.9 Å². The number of aliphatic hydroxyl groups excluding tert-OH is 1. The van der Waals surface area contributed by atoms with E-state index in [1.54, 1.807) is 24.3 Å². The molecule has 0 spiro atoms. The van der Waals surface area contributed by atoms with Crippen LogP contribution in [0.15, 0.2) is 54.6 Å². The zero-order chi connectivity index (χ0) is 17.2. The lowest BCUT2D eigenvalue weighted by molar-refractivity contribution is -0.0501. The Labute approximate surface area is 143 Å². The van der Waals surface area contributed by atoms with E-state index in [9.17, 15) is 15.3 Å². The summed E-state index contributed by atoms with van der Waals surface area (Å²) in [5.41, 5.74) is 0.988. The zero-order valence-electron chi connectivity index (χ0n) is 14.0. The Balaban J connectivity index is 1.64. The van der Waals surface area contributed by atoms with Gasteiger partial charge in [0, 0.05) is 19.1 Å². The monoisotopic (exact) mass is 329 g/mol. The molecule has 1 saturated heterocycles. The molecule has 4 nitrogen and oxygen atoms in total. The van der Waals surface area contributed by atoms with E-state index in [2.05, 4.69) is 4.90 Å². The van der Waals surface area contributed by atoms with Crippen LogP contribution in [0.5, 0.6) is 5.75 Å². The molecule has 4 heteroatoms. The first-order chi connectivity index (χ1) is 11.5. The highest BCUT2D eigenvalue weighted by molar-refractivity contribution is 5.28. The molecule has 3 N–H and O–H groups in total. The van der Waals surface area contributed by atoms with Crippen LogP contribution in [0.25, 0.3) is 0 Å². The van der Waals surface area contributed by atoms with Gasteiger partial charge in [0.2, 0.25) is 0 Å². The van der Waals surface area contributed by atoms with Gasteiger partial charge < -0.3 is 15.3 Å². The minimum atomic E-state index is -0.777. The summed E-state index contributed by atoms with van der Waals surface area (Å²) in [5, 5.41) is 30.9. The second-order valence-corrected chi connectivity index (χ2v) is 6.71. The van der Waals surface area contributed by atoms with E-state index in [1.165, 1.54) is 0 Å². The van der Waals surface area contributed by atoms with Gasteiger partial charge in [-0.3, -0.25) is 4.90 Å². The molecule has 2 atom stereocenters. The Kier molecular flexibility index (Phi) is 4.90. The molecular weight excluding hydrogens is 304 g/mol. The summed E-state index contributed by atoms with van der Waals surface area (Å²) in [6.45, 7) is 3.48. The van der Waals surface area contributed by atoms with Gasteiger partial charge in [0.25, 0.3) is 0 Å². The molecule has 24 heavy (non-hydrogen) atoms. The molecule has 0 bridgehead atoms. The van der Waals surface area contributed by atoms with Crippen LogP contribution < -0.4 is 0 Å². The molecule has 1 aliphatic rings. The van der Waals surface area contributed by atoms with E-state index in [4.69, 9.17) is 0 Å². The van der Waals surface area contributed by atoms with Crippen molar-refractivity contribution in [1.82, 2.24) is 4.90 Å².